The molecule has 0 saturated heterocycles. The van der Waals surface area contributed by atoms with Gasteiger partial charge < -0.3 is 31.3 Å². The first-order valence-corrected chi connectivity index (χ1v) is 21.1. The molecule has 2 amide bonds. The molecule has 0 unspecified atom stereocenters. The summed E-state index contributed by atoms with van der Waals surface area (Å²) in [5.74, 6) is -0.115. The molecule has 2 aromatic heterocycles. The zero-order valence-corrected chi connectivity index (χ0v) is 36.2. The minimum Gasteiger partial charge on any atom is -0.423 e. The molecule has 6 N–H and O–H groups in total. The number of nitrogens with zero attached hydrogens (tertiary/aromatic N) is 6. The lowest BCUT2D eigenvalue weighted by Crippen LogP contribution is -2.32. The van der Waals surface area contributed by atoms with Crippen LogP contribution in [0.4, 0.5) is 11.9 Å². The van der Waals surface area contributed by atoms with E-state index in [9.17, 15) is 19.2 Å². The van der Waals surface area contributed by atoms with E-state index in [0.717, 1.165) is 37.5 Å². The Labute approximate surface area is 380 Å². The molecular weight excluding hydrogens is 922 g/mol. The normalized spacial score (nSPS) is 12.4. The summed E-state index contributed by atoms with van der Waals surface area (Å²) in [6, 6.07) is 41.0. The number of nitrogens with two attached hydrogens (primary N) is 2. The topological polar surface area (TPSA) is 219 Å². The van der Waals surface area contributed by atoms with E-state index in [1.165, 1.54) is 23.3 Å². The van der Waals surface area contributed by atoms with Crippen LogP contribution in [0.25, 0.3) is 32.9 Å². The minimum atomic E-state index is -1.57. The van der Waals surface area contributed by atoms with Crippen molar-refractivity contribution in [2.24, 2.45) is 0 Å². The van der Waals surface area contributed by atoms with Crippen LogP contribution < -0.4 is 16.9 Å². The van der Waals surface area contributed by atoms with Crippen molar-refractivity contribution in [1.82, 2.24) is 29.7 Å². The van der Waals surface area contributed by atoms with E-state index in [-0.39, 0.29) is 34.9 Å². The second-order valence-electron chi connectivity index (χ2n) is 14.9. The molecule has 0 bridgehead atoms. The number of aromatic nitrogens is 4. The molecule has 0 spiro atoms. The van der Waals surface area contributed by atoms with Gasteiger partial charge in [0.25, 0.3) is 11.8 Å². The van der Waals surface area contributed by atoms with Crippen LogP contribution in [0.5, 0.6) is 0 Å². The maximum atomic E-state index is 13.4. The summed E-state index contributed by atoms with van der Waals surface area (Å²) in [6.45, 7) is 2.27. The van der Waals surface area contributed by atoms with Gasteiger partial charge in [-0.1, -0.05) is 103 Å². The average Bonchev–Trinajstić information content (AvgIpc) is 3.96. The molecule has 64 heavy (non-hydrogen) atoms. The molecular formula is C48H38BIN8O6. The molecule has 0 atom stereocenters. The van der Waals surface area contributed by atoms with Crippen LogP contribution in [0.1, 0.15) is 63.9 Å². The summed E-state index contributed by atoms with van der Waals surface area (Å²) in [4.78, 5) is 68.7. The summed E-state index contributed by atoms with van der Waals surface area (Å²) >= 11 is 2.21. The van der Waals surface area contributed by atoms with Crippen LogP contribution >= 0.6 is 22.6 Å². The molecule has 316 valence electrons. The maximum Gasteiger partial charge on any atom is 0.489 e. The second kappa shape index (κ2) is 18.9. The van der Waals surface area contributed by atoms with E-state index >= 15 is 0 Å². The second-order valence-corrected chi connectivity index (χ2v) is 16.2. The number of fused-ring (bicyclic) bond motifs is 4. The molecule has 8 aromatic rings. The summed E-state index contributed by atoms with van der Waals surface area (Å²) in [5.41, 5.74) is 21.0. The van der Waals surface area contributed by atoms with E-state index < -0.39 is 7.12 Å². The molecule has 2 aliphatic heterocycles. The van der Waals surface area contributed by atoms with Gasteiger partial charge >= 0.3 is 7.12 Å². The molecule has 10 rings (SSSR count). The van der Waals surface area contributed by atoms with Gasteiger partial charge in [0.15, 0.2) is 6.29 Å². The van der Waals surface area contributed by atoms with Gasteiger partial charge in [-0.25, -0.2) is 19.9 Å². The number of nitrogen functional groups attached to an aromatic ring is 2. The highest BCUT2D eigenvalue weighted by Gasteiger charge is 2.28. The minimum absolute atomic E-state index is 0.0589. The van der Waals surface area contributed by atoms with Gasteiger partial charge in [0.2, 0.25) is 11.9 Å². The lowest BCUT2D eigenvalue weighted by atomic mass is 9.77. The quantitative estimate of drug-likeness (QED) is 0.0858. The Bertz CT molecular complexity index is 3070. The van der Waals surface area contributed by atoms with Crippen molar-refractivity contribution < 1.29 is 29.2 Å². The maximum absolute atomic E-state index is 13.4. The highest BCUT2D eigenvalue weighted by atomic mass is 127. The lowest BCUT2D eigenvalue weighted by molar-refractivity contribution is 0.0741. The Morgan fingerprint density at radius 1 is 0.562 bits per heavy atom. The molecule has 0 aliphatic carbocycles. The number of halogens is 1. The number of benzene rings is 6. The number of amides is 2. The molecule has 16 heteroatoms. The van der Waals surface area contributed by atoms with Crippen molar-refractivity contribution in [2.45, 2.75) is 26.2 Å². The number of carbonyl (C=O) groups is 4. The van der Waals surface area contributed by atoms with Crippen LogP contribution in [0, 0.1) is 3.57 Å². The Morgan fingerprint density at radius 3 is 1.48 bits per heavy atom. The van der Waals surface area contributed by atoms with Gasteiger partial charge in [-0.2, -0.15) is 0 Å². The largest absolute Gasteiger partial charge is 0.489 e. The van der Waals surface area contributed by atoms with Crippen LogP contribution in [-0.4, -0.2) is 71.3 Å². The monoisotopic (exact) mass is 960 g/mol. The highest BCUT2D eigenvalue weighted by Crippen LogP contribution is 2.31. The fourth-order valence-electron chi connectivity index (χ4n) is 7.73. The SMILES string of the molecule is Nc1nc(C(=O)N2Cc3ccccc3C2)c2cc(-c3ccccc3C=O)ccc2n1.Nc1nc(C(=O)N2Cc3ccccc3C2)c2cc(I)ccc2n1.O=Cc1ccccc1B(O)O. The van der Waals surface area contributed by atoms with Gasteiger partial charge in [0, 0.05) is 51.6 Å². The fourth-order valence-corrected chi connectivity index (χ4v) is 8.22. The van der Waals surface area contributed by atoms with Crippen molar-refractivity contribution in [3.8, 4) is 11.1 Å². The van der Waals surface area contributed by atoms with Gasteiger partial charge in [-0.05, 0) is 91.8 Å². The number of aldehydes is 2. The summed E-state index contributed by atoms with van der Waals surface area (Å²) < 4.78 is 1.03. The highest BCUT2D eigenvalue weighted by molar-refractivity contribution is 14.1. The van der Waals surface area contributed by atoms with E-state index in [0.29, 0.717) is 65.7 Å². The molecule has 0 radical (unpaired) electrons. The fraction of sp³-hybridized carbons (Fsp3) is 0.0833. The Balaban J connectivity index is 0.000000145. The summed E-state index contributed by atoms with van der Waals surface area (Å²) in [6.07, 6.45) is 1.42. The zero-order chi connectivity index (χ0) is 44.9. The van der Waals surface area contributed by atoms with E-state index in [2.05, 4.69) is 54.7 Å². The Hall–Kier alpha value is -7.41. The molecule has 14 nitrogen and oxygen atoms in total. The third-order valence-corrected chi connectivity index (χ3v) is 11.5. The van der Waals surface area contributed by atoms with Gasteiger partial charge in [-0.3, -0.25) is 19.2 Å². The number of anilines is 2. The standard InChI is InChI=1S/C24H18N4O2.C17H13IN4O.C7H7BO3/c25-24-26-21-10-9-15(19-8-4-3-7-18(19)14-29)11-20(21)22(27-24)23(30)28-12-16-5-1-2-6-17(16)13-28;18-12-5-6-14-13(7-12)15(21-17(19)20-14)16(23)22-8-10-3-1-2-4-11(10)9-22;9-5-6-3-1-2-4-7(6)8(10)11/h1-11,14H,12-13H2,(H2,25,26,27);1-7H,8-9H2,(H2,19,20,21);1-5,10-11H. The van der Waals surface area contributed by atoms with Crippen molar-refractivity contribution in [3.05, 3.63) is 182 Å². The predicted molar refractivity (Wildman–Crippen MR) is 253 cm³/mol. The predicted octanol–water partition coefficient (Wildman–Crippen LogP) is 6.00. The van der Waals surface area contributed by atoms with E-state index in [4.69, 9.17) is 21.5 Å². The van der Waals surface area contributed by atoms with Crippen molar-refractivity contribution >= 4 is 93.3 Å². The van der Waals surface area contributed by atoms with Gasteiger partial charge in [-0.15, -0.1) is 0 Å². The Kier molecular flexibility index (Phi) is 12.8. The third kappa shape index (κ3) is 9.19. The van der Waals surface area contributed by atoms with E-state index in [1.54, 1.807) is 34.1 Å². The van der Waals surface area contributed by atoms with Gasteiger partial charge in [0.05, 0.1) is 11.0 Å². The number of hydrogen-bond acceptors (Lipinski definition) is 12. The molecule has 6 aromatic carbocycles. The molecule has 4 heterocycles. The number of hydrogen-bond donors (Lipinski definition) is 4. The third-order valence-electron chi connectivity index (χ3n) is 10.8. The first kappa shape index (κ1) is 43.3. The zero-order valence-electron chi connectivity index (χ0n) is 34.0. The average molecular weight is 961 g/mol. The van der Waals surface area contributed by atoms with Crippen molar-refractivity contribution in [3.63, 3.8) is 0 Å². The number of rotatable bonds is 6. The van der Waals surface area contributed by atoms with Gasteiger partial charge in [0.1, 0.15) is 17.7 Å². The lowest BCUT2D eigenvalue weighted by Gasteiger charge is -2.17. The smallest absolute Gasteiger partial charge is 0.423 e. The summed E-state index contributed by atoms with van der Waals surface area (Å²) in [5, 5.41) is 18.8. The molecule has 0 fully saturated rings. The van der Waals surface area contributed by atoms with Crippen LogP contribution in [-0.2, 0) is 26.2 Å². The first-order valence-electron chi connectivity index (χ1n) is 20.0. The molecule has 0 saturated carbocycles. The summed E-state index contributed by atoms with van der Waals surface area (Å²) in [7, 11) is -1.57. The first-order chi connectivity index (χ1) is 31.0. The Morgan fingerprint density at radius 2 is 1.00 bits per heavy atom. The molecule has 2 aliphatic rings. The van der Waals surface area contributed by atoms with Crippen molar-refractivity contribution in [2.75, 3.05) is 11.5 Å². The number of carbonyl (C=O) groups excluding carboxylic acids is 4. The van der Waals surface area contributed by atoms with E-state index in [1.807, 2.05) is 84.9 Å². The van der Waals surface area contributed by atoms with Crippen LogP contribution in [0.2, 0.25) is 0 Å². The van der Waals surface area contributed by atoms with Crippen LogP contribution in [0.15, 0.2) is 133 Å². The van der Waals surface area contributed by atoms with Crippen LogP contribution in [0.3, 0.4) is 0 Å². The van der Waals surface area contributed by atoms with Crippen molar-refractivity contribution in [1.29, 1.82) is 0 Å².